The summed E-state index contributed by atoms with van der Waals surface area (Å²) in [7, 11) is 1.62. The van der Waals surface area contributed by atoms with Gasteiger partial charge in [0.15, 0.2) is 11.5 Å². The molecule has 0 aromatic heterocycles. The van der Waals surface area contributed by atoms with E-state index in [1.807, 2.05) is 36.4 Å². The second-order valence-electron chi connectivity index (χ2n) is 4.97. The average molecular weight is 301 g/mol. The van der Waals surface area contributed by atoms with Gasteiger partial charge in [-0.25, -0.2) is 0 Å². The molecule has 0 radical (unpaired) electrons. The zero-order chi connectivity index (χ0) is 16.1. The van der Waals surface area contributed by atoms with Crippen molar-refractivity contribution in [2.75, 3.05) is 7.11 Å². The highest BCUT2D eigenvalue weighted by atomic mass is 16.5. The Morgan fingerprint density at radius 3 is 2.17 bits per heavy atom. The van der Waals surface area contributed by atoms with Crippen molar-refractivity contribution in [3.05, 3.63) is 78.4 Å². The van der Waals surface area contributed by atoms with Crippen LogP contribution in [0.25, 0.3) is 11.1 Å². The van der Waals surface area contributed by atoms with Crippen LogP contribution in [0, 0.1) is 11.3 Å². The number of ether oxygens (including phenoxy) is 2. The first-order valence-corrected chi connectivity index (χ1v) is 7.21. The molecule has 0 unspecified atom stereocenters. The lowest BCUT2D eigenvalue weighted by Crippen LogP contribution is -1.91. The largest absolute Gasteiger partial charge is 0.493 e. The monoisotopic (exact) mass is 301 g/mol. The van der Waals surface area contributed by atoms with Crippen LogP contribution in [-0.2, 0) is 0 Å². The fraction of sp³-hybridized carbons (Fsp3) is 0.0500. The van der Waals surface area contributed by atoms with E-state index >= 15 is 0 Å². The zero-order valence-electron chi connectivity index (χ0n) is 12.7. The van der Waals surface area contributed by atoms with Crippen molar-refractivity contribution < 1.29 is 9.47 Å². The molecule has 0 saturated heterocycles. The highest BCUT2D eigenvalue weighted by molar-refractivity contribution is 5.67. The van der Waals surface area contributed by atoms with Crippen LogP contribution in [-0.4, -0.2) is 7.11 Å². The maximum atomic E-state index is 8.83. The number of nitriles is 1. The Morgan fingerprint density at radius 1 is 0.783 bits per heavy atom. The van der Waals surface area contributed by atoms with Gasteiger partial charge in [-0.05, 0) is 47.5 Å². The highest BCUT2D eigenvalue weighted by Gasteiger charge is 2.08. The molecule has 0 spiro atoms. The molecule has 23 heavy (non-hydrogen) atoms. The zero-order valence-corrected chi connectivity index (χ0v) is 12.7. The molecule has 0 aliphatic rings. The van der Waals surface area contributed by atoms with E-state index in [0.717, 1.165) is 11.1 Å². The number of rotatable bonds is 4. The van der Waals surface area contributed by atoms with Crippen LogP contribution in [0.4, 0.5) is 0 Å². The van der Waals surface area contributed by atoms with Gasteiger partial charge in [0.1, 0.15) is 5.75 Å². The first-order chi connectivity index (χ1) is 11.3. The van der Waals surface area contributed by atoms with Crippen molar-refractivity contribution >= 4 is 0 Å². The van der Waals surface area contributed by atoms with E-state index in [4.69, 9.17) is 14.7 Å². The number of nitrogens with zero attached hydrogens (tertiary/aromatic N) is 1. The summed E-state index contributed by atoms with van der Waals surface area (Å²) in [6.07, 6.45) is 0. The van der Waals surface area contributed by atoms with E-state index in [0.29, 0.717) is 22.8 Å². The molecule has 0 bridgehead atoms. The van der Waals surface area contributed by atoms with Gasteiger partial charge in [0, 0.05) is 0 Å². The first kappa shape index (κ1) is 14.7. The fourth-order valence-corrected chi connectivity index (χ4v) is 2.29. The summed E-state index contributed by atoms with van der Waals surface area (Å²) in [5.41, 5.74) is 2.79. The van der Waals surface area contributed by atoms with Crippen molar-refractivity contribution in [1.82, 2.24) is 0 Å². The molecule has 3 rings (SSSR count). The second-order valence-corrected chi connectivity index (χ2v) is 4.97. The third kappa shape index (κ3) is 3.33. The van der Waals surface area contributed by atoms with Gasteiger partial charge in [0.05, 0.1) is 18.7 Å². The van der Waals surface area contributed by atoms with Gasteiger partial charge in [0.25, 0.3) is 0 Å². The van der Waals surface area contributed by atoms with E-state index < -0.39 is 0 Å². The van der Waals surface area contributed by atoms with E-state index in [1.54, 1.807) is 31.4 Å². The molecule has 0 atom stereocenters. The predicted octanol–water partition coefficient (Wildman–Crippen LogP) is 5.03. The molecular weight excluding hydrogens is 286 g/mol. The maximum absolute atomic E-state index is 8.83. The Hall–Kier alpha value is -3.25. The van der Waals surface area contributed by atoms with Crippen LogP contribution >= 0.6 is 0 Å². The van der Waals surface area contributed by atoms with Crippen LogP contribution in [0.1, 0.15) is 5.56 Å². The second kappa shape index (κ2) is 6.67. The van der Waals surface area contributed by atoms with Crippen molar-refractivity contribution in [3.8, 4) is 34.4 Å². The number of methoxy groups -OCH3 is 1. The Labute approximate surface area is 135 Å². The molecule has 0 fully saturated rings. The lowest BCUT2D eigenvalue weighted by atomic mass is 10.1. The third-order valence-electron chi connectivity index (χ3n) is 3.48. The first-order valence-electron chi connectivity index (χ1n) is 7.21. The van der Waals surface area contributed by atoms with E-state index in [2.05, 4.69) is 18.2 Å². The summed E-state index contributed by atoms with van der Waals surface area (Å²) < 4.78 is 11.3. The predicted molar refractivity (Wildman–Crippen MR) is 89.7 cm³/mol. The number of hydrogen-bond donors (Lipinski definition) is 0. The topological polar surface area (TPSA) is 42.2 Å². The van der Waals surface area contributed by atoms with Crippen molar-refractivity contribution in [2.45, 2.75) is 0 Å². The Bertz CT molecular complexity index is 834. The molecule has 0 aliphatic carbocycles. The van der Waals surface area contributed by atoms with Crippen LogP contribution in [0.15, 0.2) is 72.8 Å². The standard InChI is InChI=1S/C20H15NO2/c1-22-20-13-17(16-5-3-2-4-6-16)9-12-19(20)23-18-10-7-15(14-21)8-11-18/h2-13H,1H3. The normalized spacial score (nSPS) is 9.91. The van der Waals surface area contributed by atoms with Gasteiger partial charge in [-0.3, -0.25) is 0 Å². The molecule has 3 aromatic rings. The SMILES string of the molecule is COc1cc(-c2ccccc2)ccc1Oc1ccc(C#N)cc1. The quantitative estimate of drug-likeness (QED) is 0.679. The molecule has 0 N–H and O–H groups in total. The van der Waals surface area contributed by atoms with Crippen LogP contribution in [0.5, 0.6) is 17.2 Å². The molecule has 0 aliphatic heterocycles. The summed E-state index contributed by atoms with van der Waals surface area (Å²) in [5, 5.41) is 8.83. The summed E-state index contributed by atoms with van der Waals surface area (Å²) >= 11 is 0. The Kier molecular flexibility index (Phi) is 4.26. The molecule has 112 valence electrons. The fourth-order valence-electron chi connectivity index (χ4n) is 2.29. The summed E-state index contributed by atoms with van der Waals surface area (Å²) in [6.45, 7) is 0. The third-order valence-corrected chi connectivity index (χ3v) is 3.48. The summed E-state index contributed by atoms with van der Waals surface area (Å²) in [4.78, 5) is 0. The van der Waals surface area contributed by atoms with E-state index in [9.17, 15) is 0 Å². The Balaban J connectivity index is 1.89. The van der Waals surface area contributed by atoms with Crippen molar-refractivity contribution in [2.24, 2.45) is 0 Å². The minimum Gasteiger partial charge on any atom is -0.493 e. The molecule has 0 amide bonds. The number of benzene rings is 3. The van der Waals surface area contributed by atoms with Gasteiger partial charge in [-0.1, -0.05) is 36.4 Å². The van der Waals surface area contributed by atoms with Crippen molar-refractivity contribution in [1.29, 1.82) is 5.26 Å². The molecule has 0 heterocycles. The molecule has 3 nitrogen and oxygen atoms in total. The lowest BCUT2D eigenvalue weighted by molar-refractivity contribution is 0.379. The van der Waals surface area contributed by atoms with Gasteiger partial charge < -0.3 is 9.47 Å². The van der Waals surface area contributed by atoms with Crippen LogP contribution in [0.3, 0.4) is 0 Å². The number of hydrogen-bond acceptors (Lipinski definition) is 3. The van der Waals surface area contributed by atoms with Crippen molar-refractivity contribution in [3.63, 3.8) is 0 Å². The summed E-state index contributed by atoms with van der Waals surface area (Å²) in [5.74, 6) is 1.96. The molecule has 3 heteroatoms. The van der Waals surface area contributed by atoms with E-state index in [1.165, 1.54) is 0 Å². The van der Waals surface area contributed by atoms with Gasteiger partial charge in [-0.15, -0.1) is 0 Å². The molecule has 0 saturated carbocycles. The summed E-state index contributed by atoms with van der Waals surface area (Å²) in [6, 6.07) is 25.0. The van der Waals surface area contributed by atoms with Gasteiger partial charge in [0.2, 0.25) is 0 Å². The molecule has 3 aromatic carbocycles. The smallest absolute Gasteiger partial charge is 0.169 e. The highest BCUT2D eigenvalue weighted by Crippen LogP contribution is 2.35. The maximum Gasteiger partial charge on any atom is 0.169 e. The van der Waals surface area contributed by atoms with E-state index in [-0.39, 0.29) is 0 Å². The lowest BCUT2D eigenvalue weighted by Gasteiger charge is -2.12. The average Bonchev–Trinajstić information content (AvgIpc) is 2.63. The van der Waals surface area contributed by atoms with Gasteiger partial charge in [-0.2, -0.15) is 5.26 Å². The van der Waals surface area contributed by atoms with Crippen LogP contribution < -0.4 is 9.47 Å². The van der Waals surface area contributed by atoms with Crippen LogP contribution in [0.2, 0.25) is 0 Å². The minimum atomic E-state index is 0.601. The van der Waals surface area contributed by atoms with Gasteiger partial charge >= 0.3 is 0 Å². The minimum absolute atomic E-state index is 0.601. The Morgan fingerprint density at radius 2 is 1.52 bits per heavy atom. The molecular formula is C20H15NO2.